The quantitative estimate of drug-likeness (QED) is 0.623. The van der Waals surface area contributed by atoms with Crippen molar-refractivity contribution in [3.63, 3.8) is 0 Å². The van der Waals surface area contributed by atoms with Gasteiger partial charge in [0.25, 0.3) is 0 Å². The molecule has 2 bridgehead atoms. The van der Waals surface area contributed by atoms with Gasteiger partial charge in [0.15, 0.2) is 0 Å². The van der Waals surface area contributed by atoms with E-state index in [0.717, 1.165) is 61.9 Å². The Morgan fingerprint density at radius 3 is 1.25 bits per heavy atom. The van der Waals surface area contributed by atoms with E-state index in [2.05, 4.69) is 31.9 Å². The minimum Gasteiger partial charge on any atom is -0.381 e. The van der Waals surface area contributed by atoms with Crippen LogP contribution in [-0.2, 0) is 9.47 Å². The summed E-state index contributed by atoms with van der Waals surface area (Å²) < 4.78 is 11.5. The lowest BCUT2D eigenvalue weighted by Crippen LogP contribution is -2.60. The van der Waals surface area contributed by atoms with E-state index in [-0.39, 0.29) is 0 Å². The van der Waals surface area contributed by atoms with Crippen molar-refractivity contribution in [2.45, 2.75) is 9.65 Å². The Hall–Kier alpha value is 0.880. The fraction of sp³-hybridized carbons (Fsp3) is 1.00. The topological polar surface area (TPSA) is 18.5 Å². The molecule has 0 spiro atoms. The first-order valence-electron chi connectivity index (χ1n) is 6.22. The molecule has 2 heterocycles. The normalized spacial score (nSPS) is 63.4. The molecule has 8 atom stereocenters. The van der Waals surface area contributed by atoms with Gasteiger partial charge in [0.05, 0.1) is 26.4 Å². The van der Waals surface area contributed by atoms with Crippen LogP contribution in [0.25, 0.3) is 0 Å². The molecule has 0 N–H and O–H groups in total. The summed E-state index contributed by atoms with van der Waals surface area (Å²) in [5, 5.41) is 0. The molecule has 0 aromatic carbocycles. The summed E-state index contributed by atoms with van der Waals surface area (Å²) in [5.74, 6) is 4.65. The Morgan fingerprint density at radius 1 is 0.625 bits per heavy atom. The molecule has 16 heavy (non-hydrogen) atoms. The van der Waals surface area contributed by atoms with Gasteiger partial charge in [0.1, 0.15) is 0 Å². The molecule has 2 nitrogen and oxygen atoms in total. The fourth-order valence-electron chi connectivity index (χ4n) is 4.77. The number of alkyl halides is 2. The van der Waals surface area contributed by atoms with E-state index in [9.17, 15) is 0 Å². The molecule has 5 fully saturated rings. The highest BCUT2D eigenvalue weighted by atomic mass is 79.9. The van der Waals surface area contributed by atoms with Gasteiger partial charge in [-0.25, -0.2) is 0 Å². The van der Waals surface area contributed by atoms with Gasteiger partial charge in [0.2, 0.25) is 0 Å². The number of fused-ring (bicyclic) bond motifs is 1. The lowest BCUT2D eigenvalue weighted by Gasteiger charge is -2.56. The zero-order valence-electron chi connectivity index (χ0n) is 9.02. The maximum absolute atomic E-state index is 5.75. The fourth-order valence-corrected chi connectivity index (χ4v) is 7.04. The number of ether oxygens (including phenoxy) is 2. The van der Waals surface area contributed by atoms with Crippen molar-refractivity contribution in [3.05, 3.63) is 0 Å². The van der Waals surface area contributed by atoms with Crippen LogP contribution in [0.3, 0.4) is 0 Å². The predicted molar refractivity (Wildman–Crippen MR) is 68.0 cm³/mol. The van der Waals surface area contributed by atoms with Crippen LogP contribution >= 0.6 is 31.9 Å². The maximum Gasteiger partial charge on any atom is 0.0501 e. The van der Waals surface area contributed by atoms with Gasteiger partial charge in [-0.2, -0.15) is 0 Å². The Balaban J connectivity index is 1.78. The van der Waals surface area contributed by atoms with Gasteiger partial charge in [-0.15, -0.1) is 0 Å². The number of halogens is 2. The van der Waals surface area contributed by atoms with Crippen LogP contribution in [-0.4, -0.2) is 36.1 Å². The van der Waals surface area contributed by atoms with Crippen molar-refractivity contribution >= 4 is 31.9 Å². The molecule has 2 saturated heterocycles. The Morgan fingerprint density at radius 2 is 0.938 bits per heavy atom. The first-order chi connectivity index (χ1) is 7.79. The van der Waals surface area contributed by atoms with Crippen molar-refractivity contribution in [3.8, 4) is 0 Å². The highest BCUT2D eigenvalue weighted by Gasteiger charge is 2.63. The molecule has 4 heteroatoms. The number of hydrogen-bond donors (Lipinski definition) is 0. The van der Waals surface area contributed by atoms with Gasteiger partial charge >= 0.3 is 0 Å². The summed E-state index contributed by atoms with van der Waals surface area (Å²) in [7, 11) is 0. The molecule has 90 valence electrons. The molecule has 0 aromatic rings. The molecule has 2 aliphatic heterocycles. The van der Waals surface area contributed by atoms with Crippen LogP contribution in [0.1, 0.15) is 0 Å². The SMILES string of the molecule is BrC1C2[C@H]3COC[C@H]3C([C@@H]1Br)[C@H]1COC[C@@H]21. The van der Waals surface area contributed by atoms with E-state index in [1.807, 2.05) is 0 Å². The Kier molecular flexibility index (Phi) is 2.48. The van der Waals surface area contributed by atoms with Crippen molar-refractivity contribution in [1.29, 1.82) is 0 Å². The molecule has 0 aromatic heterocycles. The van der Waals surface area contributed by atoms with Crippen LogP contribution in [0.4, 0.5) is 0 Å². The summed E-state index contributed by atoms with van der Waals surface area (Å²) in [6, 6.07) is 0. The van der Waals surface area contributed by atoms with Crippen molar-refractivity contribution < 1.29 is 9.47 Å². The summed E-state index contributed by atoms with van der Waals surface area (Å²) in [4.78, 5) is 1.23. The second-order valence-electron chi connectivity index (χ2n) is 5.77. The second-order valence-corrected chi connectivity index (χ2v) is 7.89. The second kappa shape index (κ2) is 3.69. The summed E-state index contributed by atoms with van der Waals surface area (Å²) in [6.07, 6.45) is 0. The molecule has 0 radical (unpaired) electrons. The van der Waals surface area contributed by atoms with Crippen molar-refractivity contribution in [2.24, 2.45) is 35.5 Å². The average molecular weight is 352 g/mol. The molecular weight excluding hydrogens is 336 g/mol. The summed E-state index contributed by atoms with van der Waals surface area (Å²) in [6.45, 7) is 3.93. The van der Waals surface area contributed by atoms with E-state index in [1.54, 1.807) is 0 Å². The third-order valence-corrected chi connectivity index (χ3v) is 8.43. The lowest BCUT2D eigenvalue weighted by molar-refractivity contribution is -0.0148. The smallest absolute Gasteiger partial charge is 0.0501 e. The number of hydrogen-bond acceptors (Lipinski definition) is 2. The van der Waals surface area contributed by atoms with E-state index < -0.39 is 0 Å². The van der Waals surface area contributed by atoms with Crippen LogP contribution in [0, 0.1) is 35.5 Å². The molecule has 0 amide bonds. The first-order valence-corrected chi connectivity index (χ1v) is 8.06. The van der Waals surface area contributed by atoms with Crippen LogP contribution < -0.4 is 0 Å². The zero-order chi connectivity index (χ0) is 10.9. The molecular formula is C12H16Br2O2. The first kappa shape index (κ1) is 10.8. The lowest BCUT2D eigenvalue weighted by atomic mass is 9.52. The van der Waals surface area contributed by atoms with Gasteiger partial charge in [-0.3, -0.25) is 0 Å². The molecule has 5 rings (SSSR count). The van der Waals surface area contributed by atoms with Gasteiger partial charge in [0, 0.05) is 9.65 Å². The molecule has 5 aliphatic rings. The van der Waals surface area contributed by atoms with Crippen molar-refractivity contribution in [1.82, 2.24) is 0 Å². The molecule has 3 unspecified atom stereocenters. The largest absolute Gasteiger partial charge is 0.381 e. The zero-order valence-corrected chi connectivity index (χ0v) is 12.2. The van der Waals surface area contributed by atoms with E-state index in [0.29, 0.717) is 9.65 Å². The average Bonchev–Trinajstić information content (AvgIpc) is 2.89. The van der Waals surface area contributed by atoms with E-state index in [4.69, 9.17) is 9.47 Å². The highest BCUT2D eigenvalue weighted by molar-refractivity contribution is 9.12. The van der Waals surface area contributed by atoms with E-state index in [1.165, 1.54) is 0 Å². The summed E-state index contributed by atoms with van der Waals surface area (Å²) in [5.41, 5.74) is 0. The Labute approximate surface area is 113 Å². The van der Waals surface area contributed by atoms with Crippen LogP contribution in [0.5, 0.6) is 0 Å². The molecule has 3 saturated carbocycles. The minimum atomic E-state index is 0.614. The third kappa shape index (κ3) is 1.20. The van der Waals surface area contributed by atoms with Gasteiger partial charge < -0.3 is 9.47 Å². The standard InChI is InChI=1S/C12H16Br2O2/c13-11-9-5-1-15-2-6(5)10(12(11)14)8-4-16-3-7(8)9/h5-12H,1-4H2/t5-,6+,7+,8-,9?,10?,11-,12?/m0/s1. The number of rotatable bonds is 0. The Bertz CT molecular complexity index is 261. The van der Waals surface area contributed by atoms with E-state index >= 15 is 0 Å². The van der Waals surface area contributed by atoms with Gasteiger partial charge in [-0.05, 0) is 35.5 Å². The summed E-state index contributed by atoms with van der Waals surface area (Å²) >= 11 is 7.85. The van der Waals surface area contributed by atoms with Crippen molar-refractivity contribution in [2.75, 3.05) is 26.4 Å². The minimum absolute atomic E-state index is 0.614. The third-order valence-electron chi connectivity index (χ3n) is 5.36. The molecule has 3 aliphatic carbocycles. The predicted octanol–water partition coefficient (Wildman–Crippen LogP) is 2.30. The highest BCUT2D eigenvalue weighted by Crippen LogP contribution is 2.61. The van der Waals surface area contributed by atoms with Crippen LogP contribution in [0.15, 0.2) is 0 Å². The van der Waals surface area contributed by atoms with Crippen LogP contribution in [0.2, 0.25) is 0 Å². The monoisotopic (exact) mass is 350 g/mol. The van der Waals surface area contributed by atoms with Gasteiger partial charge in [-0.1, -0.05) is 31.9 Å². The maximum atomic E-state index is 5.75.